The van der Waals surface area contributed by atoms with E-state index in [1.165, 1.54) is 69.2 Å². The second-order valence-electron chi connectivity index (χ2n) is 12.6. The lowest BCUT2D eigenvalue weighted by atomic mass is 10.0. The minimum atomic E-state index is -1.17. The fourth-order valence-corrected chi connectivity index (χ4v) is 0.583. The summed E-state index contributed by atoms with van der Waals surface area (Å²) >= 11 is 0. The maximum Gasteiger partial charge on any atom is 0.320 e. The van der Waals surface area contributed by atoms with Crippen LogP contribution < -0.4 is 57.3 Å². The first-order chi connectivity index (χ1) is 28.7. The molecule has 388 valence electrons. The Balaban J connectivity index is -0.0000000652. The fraction of sp³-hybridized carbons (Fsp3) is 0.667. The van der Waals surface area contributed by atoms with Gasteiger partial charge in [-0.15, -0.1) is 0 Å². The quantitative estimate of drug-likeness (QED) is 0.0818. The van der Waals surface area contributed by atoms with Gasteiger partial charge in [0, 0.05) is 0 Å². The molecule has 0 aliphatic rings. The van der Waals surface area contributed by atoms with Gasteiger partial charge in [-0.25, -0.2) is 0 Å². The molecule has 11 atom stereocenters. The van der Waals surface area contributed by atoms with E-state index >= 15 is 0 Å². The van der Waals surface area contributed by atoms with Crippen molar-refractivity contribution >= 4 is 65.7 Å². The summed E-state index contributed by atoms with van der Waals surface area (Å²) < 4.78 is 0. The van der Waals surface area contributed by atoms with Crippen molar-refractivity contribution in [2.45, 2.75) is 136 Å². The first kappa shape index (κ1) is 82.5. The Morgan fingerprint density at radius 1 is 0.246 bits per heavy atom. The number of carboxylic acids is 11. The van der Waals surface area contributed by atoms with Gasteiger partial charge in [0.2, 0.25) is 0 Å². The molecule has 0 aliphatic heterocycles. The summed E-state index contributed by atoms with van der Waals surface area (Å²) in [6.45, 7) is 14.2. The highest BCUT2D eigenvalue weighted by Gasteiger charge is 2.19. The van der Waals surface area contributed by atoms with Gasteiger partial charge in [-0.1, -0.05) is 6.92 Å². The van der Waals surface area contributed by atoms with E-state index in [0.717, 1.165) is 0 Å². The Hall–Kier alpha value is -6.23. The van der Waals surface area contributed by atoms with Crippen LogP contribution in [0.25, 0.3) is 0 Å². The molecule has 31 N–H and O–H groups in total. The zero-order chi connectivity index (χ0) is 55.4. The third-order valence-corrected chi connectivity index (χ3v) is 4.85. The average molecular weight is 963 g/mol. The molecule has 0 aromatic carbocycles. The number of hydrogen-bond acceptors (Lipinski definition) is 21. The van der Waals surface area contributed by atoms with Gasteiger partial charge in [0.15, 0.2) is 0 Å². The molecule has 1 unspecified atom stereocenters. The molecule has 0 fully saturated rings. The van der Waals surface area contributed by atoms with E-state index in [-0.39, 0.29) is 6.42 Å². The van der Waals surface area contributed by atoms with E-state index in [2.05, 4.69) is 0 Å². The van der Waals surface area contributed by atoms with Gasteiger partial charge in [-0.3, -0.25) is 52.7 Å². The minimum absolute atomic E-state index is 0.0370. The summed E-state index contributed by atoms with van der Waals surface area (Å²) in [7, 11) is 0. The van der Waals surface area contributed by atoms with E-state index in [9.17, 15) is 52.7 Å². The summed E-state index contributed by atoms with van der Waals surface area (Å²) in [4.78, 5) is 107. The number of aliphatic carboxylic acids is 11. The first-order valence-corrected chi connectivity index (χ1v) is 17.8. The van der Waals surface area contributed by atoms with Gasteiger partial charge in [-0.2, -0.15) is 0 Å². The zero-order valence-corrected chi connectivity index (χ0v) is 37.7. The fourth-order valence-electron chi connectivity index (χ4n) is 0.583. The second kappa shape index (κ2) is 50.4. The van der Waals surface area contributed by atoms with Crippen molar-refractivity contribution in [3.05, 3.63) is 0 Å². The van der Waals surface area contributed by atoms with Crippen LogP contribution in [0.1, 0.15) is 75.7 Å². The molecule has 0 radical (unpaired) electrons. The Morgan fingerprint density at radius 2 is 0.338 bits per heavy atom. The van der Waals surface area contributed by atoms with Crippen molar-refractivity contribution < 1.29 is 109 Å². The van der Waals surface area contributed by atoms with Crippen LogP contribution >= 0.6 is 0 Å². The number of hydrogen-bond donors (Lipinski definition) is 21. The van der Waals surface area contributed by atoms with Gasteiger partial charge in [-0.05, 0) is 68.7 Å². The SMILES string of the molecule is CC(C[C@H](N)C(=O)O)C(=O)O.C[C@H](N)C(=O)O.C[C@H](N)C(=O)O.C[C@H](N)C(=O)O.C[C@H](N)C(=O)O.C[C@H](N)C(=O)O.C[C@H](N)C(=O)O.C[C@H](N)C(=O)O.C[C@H](N)C(=O)O.C[C@H](N)C(=O)O. The number of nitrogens with two attached hydrogens (primary N) is 10. The molecule has 0 saturated heterocycles. The summed E-state index contributed by atoms with van der Waals surface area (Å²) in [5, 5.41) is 87.5. The molecule has 0 amide bonds. The smallest absolute Gasteiger partial charge is 0.320 e. The lowest BCUT2D eigenvalue weighted by molar-refractivity contribution is -0.144. The van der Waals surface area contributed by atoms with Crippen LogP contribution in [-0.2, 0) is 52.7 Å². The van der Waals surface area contributed by atoms with Gasteiger partial charge in [0.05, 0.1) is 5.92 Å². The Bertz CT molecular complexity index is 1090. The summed E-state index contributed by atoms with van der Waals surface area (Å²) in [5.74, 6) is -11.6. The molecule has 0 saturated carbocycles. The highest BCUT2D eigenvalue weighted by Crippen LogP contribution is 2.04. The predicted molar refractivity (Wildman–Crippen MR) is 229 cm³/mol. The van der Waals surface area contributed by atoms with Crippen molar-refractivity contribution in [1.29, 1.82) is 0 Å². The van der Waals surface area contributed by atoms with Crippen LogP contribution in [0.5, 0.6) is 0 Å². The molecule has 0 aliphatic carbocycles. The van der Waals surface area contributed by atoms with Crippen LogP contribution in [0.3, 0.4) is 0 Å². The summed E-state index contributed by atoms with van der Waals surface area (Å²) in [5.41, 5.74) is 48.6. The molecule has 0 bridgehead atoms. The largest absolute Gasteiger partial charge is 0.481 e. The molecule has 32 nitrogen and oxygen atoms in total. The predicted octanol–water partition coefficient (Wildman–Crippen LogP) is -5.73. The maximum absolute atomic E-state index is 10.2. The summed E-state index contributed by atoms with van der Waals surface area (Å²) in [6, 6.07) is -7.67. The topological polar surface area (TPSA) is 671 Å². The van der Waals surface area contributed by atoms with E-state index in [4.69, 9.17) is 114 Å². The van der Waals surface area contributed by atoms with Crippen LogP contribution in [0.4, 0.5) is 0 Å². The molecule has 0 heterocycles. The van der Waals surface area contributed by atoms with Crippen molar-refractivity contribution in [3.63, 3.8) is 0 Å². The molecule has 0 spiro atoms. The monoisotopic (exact) mass is 962 g/mol. The van der Waals surface area contributed by atoms with Crippen molar-refractivity contribution in [2.24, 2.45) is 63.3 Å². The highest BCUT2D eigenvalue weighted by atomic mass is 16.4. The molecule has 0 rings (SSSR count). The van der Waals surface area contributed by atoms with Gasteiger partial charge in [0.25, 0.3) is 0 Å². The third kappa shape index (κ3) is 103. The van der Waals surface area contributed by atoms with Crippen LogP contribution in [0.2, 0.25) is 0 Å². The molecular weight excluding hydrogens is 888 g/mol. The minimum Gasteiger partial charge on any atom is -0.481 e. The standard InChI is InChI=1S/C6H11NO4.9C3H7NO2/c1-3(5(8)9)2-4(7)6(10)11;9*1-2(4)3(5)6/h3-4H,2,7H2,1H3,(H,8,9)(H,10,11);9*2H,4H2,1H3,(H,5,6)/t3?,4-;9*2-/m0000000000/s1. The normalized spacial score (nSPS) is 14.0. The van der Waals surface area contributed by atoms with Crippen LogP contribution in [0, 0.1) is 5.92 Å². The zero-order valence-electron chi connectivity index (χ0n) is 37.7. The summed E-state index contributed by atoms with van der Waals surface area (Å²) in [6.07, 6.45) is -0.0370. The molecule has 0 aromatic rings. The average Bonchev–Trinajstić information content (AvgIpc) is 3.13. The molecule has 0 aromatic heterocycles. The van der Waals surface area contributed by atoms with E-state index in [1.54, 1.807) is 0 Å². The van der Waals surface area contributed by atoms with Gasteiger partial charge in [0.1, 0.15) is 60.4 Å². The molecular formula is C33H74N10O22. The first-order valence-electron chi connectivity index (χ1n) is 17.8. The third-order valence-electron chi connectivity index (χ3n) is 4.85. The Morgan fingerprint density at radius 3 is 0.385 bits per heavy atom. The van der Waals surface area contributed by atoms with Crippen molar-refractivity contribution in [1.82, 2.24) is 0 Å². The molecule has 65 heavy (non-hydrogen) atoms. The van der Waals surface area contributed by atoms with Crippen molar-refractivity contribution in [3.8, 4) is 0 Å². The van der Waals surface area contributed by atoms with E-state index in [0.29, 0.717) is 0 Å². The lowest BCUT2D eigenvalue weighted by Crippen LogP contribution is -2.33. The van der Waals surface area contributed by atoms with Crippen molar-refractivity contribution in [2.75, 3.05) is 0 Å². The van der Waals surface area contributed by atoms with E-state index in [1.807, 2.05) is 0 Å². The van der Waals surface area contributed by atoms with Gasteiger partial charge >= 0.3 is 65.7 Å². The lowest BCUT2D eigenvalue weighted by Gasteiger charge is -2.08. The number of carboxylic acid groups (broad SMARTS) is 11. The van der Waals surface area contributed by atoms with Gasteiger partial charge < -0.3 is 114 Å². The van der Waals surface area contributed by atoms with Crippen LogP contribution in [0.15, 0.2) is 0 Å². The molecule has 32 heteroatoms. The maximum atomic E-state index is 10.2. The van der Waals surface area contributed by atoms with E-state index < -0.39 is 132 Å². The Kier molecular flexibility index (Phi) is 64.0. The second-order valence-corrected chi connectivity index (χ2v) is 12.6. The number of carbonyl (C=O) groups is 11. The Labute approximate surface area is 373 Å². The number of rotatable bonds is 13. The van der Waals surface area contributed by atoms with Crippen LogP contribution in [-0.4, -0.2) is 182 Å². The highest BCUT2D eigenvalue weighted by molar-refractivity contribution is 5.76.